The van der Waals surface area contributed by atoms with Crippen LogP contribution >= 0.6 is 23.1 Å². The molecule has 2 aromatic rings. The molecule has 0 saturated heterocycles. The summed E-state index contributed by atoms with van der Waals surface area (Å²) in [6, 6.07) is 16.2. The van der Waals surface area contributed by atoms with E-state index in [0.717, 1.165) is 11.1 Å². The molecular formula is C12H10Cl2O2S. The summed E-state index contributed by atoms with van der Waals surface area (Å²) in [7, 11) is 1.60. The van der Waals surface area contributed by atoms with E-state index in [2.05, 4.69) is 0 Å². The summed E-state index contributed by atoms with van der Waals surface area (Å²) in [5.41, 5.74) is 2.01. The zero-order valence-corrected chi connectivity index (χ0v) is 11.1. The molecule has 0 bridgehead atoms. The molecule has 0 fully saturated rings. The summed E-state index contributed by atoms with van der Waals surface area (Å²) in [6.07, 6.45) is 0. The van der Waals surface area contributed by atoms with E-state index in [0.29, 0.717) is 0 Å². The van der Waals surface area contributed by atoms with Gasteiger partial charge in [-0.2, -0.15) is 0 Å². The van der Waals surface area contributed by atoms with Gasteiger partial charge in [-0.15, -0.1) is 12.4 Å². The molecule has 0 N–H and O–H groups in total. The van der Waals surface area contributed by atoms with E-state index in [1.807, 2.05) is 30.3 Å². The molecule has 5 heteroatoms. The van der Waals surface area contributed by atoms with Crippen molar-refractivity contribution in [3.63, 3.8) is 0 Å². The minimum Gasteiger partial charge on any atom is -0.207 e. The smallest absolute Gasteiger partial charge is 0.207 e. The molecular weight excluding hydrogens is 279 g/mol. The first-order valence-electron chi connectivity index (χ1n) is 4.67. The molecule has 17 heavy (non-hydrogen) atoms. The fraction of sp³-hybridized carbons (Fsp3) is 0. The van der Waals surface area contributed by atoms with Crippen LogP contribution in [0.1, 0.15) is 0 Å². The average Bonchev–Trinajstić information content (AvgIpc) is 2.29. The minimum absolute atomic E-state index is 0. The minimum atomic E-state index is -3.63. The summed E-state index contributed by atoms with van der Waals surface area (Å²) >= 11 is 0. The third-order valence-electron chi connectivity index (χ3n) is 2.24. The van der Waals surface area contributed by atoms with Crippen molar-refractivity contribution in [2.75, 3.05) is 0 Å². The average molecular weight is 289 g/mol. The first kappa shape index (κ1) is 14.0. The largest absolute Gasteiger partial charge is 0.261 e. The lowest BCUT2D eigenvalue weighted by Gasteiger charge is -2.01. The van der Waals surface area contributed by atoms with Crippen molar-refractivity contribution in [1.82, 2.24) is 0 Å². The second kappa shape index (κ2) is 5.54. The van der Waals surface area contributed by atoms with Gasteiger partial charge in [0.25, 0.3) is 9.05 Å². The van der Waals surface area contributed by atoms with E-state index < -0.39 is 9.05 Å². The third-order valence-corrected chi connectivity index (χ3v) is 3.61. The summed E-state index contributed by atoms with van der Waals surface area (Å²) in [5, 5.41) is 0. The molecule has 0 amide bonds. The Balaban J connectivity index is 0.00000144. The van der Waals surface area contributed by atoms with Crippen LogP contribution in [-0.2, 0) is 9.05 Å². The van der Waals surface area contributed by atoms with Crippen molar-refractivity contribution in [3.05, 3.63) is 54.6 Å². The molecule has 0 atom stereocenters. The molecule has 0 aliphatic rings. The molecule has 0 unspecified atom stereocenters. The fourth-order valence-electron chi connectivity index (χ4n) is 1.44. The van der Waals surface area contributed by atoms with Crippen molar-refractivity contribution in [3.8, 4) is 11.1 Å². The van der Waals surface area contributed by atoms with Gasteiger partial charge in [0.2, 0.25) is 0 Å². The summed E-state index contributed by atoms with van der Waals surface area (Å²) in [6.45, 7) is 0. The summed E-state index contributed by atoms with van der Waals surface area (Å²) in [5.74, 6) is 0. The second-order valence-electron chi connectivity index (χ2n) is 3.33. The van der Waals surface area contributed by atoms with Crippen LogP contribution in [0.3, 0.4) is 0 Å². The van der Waals surface area contributed by atoms with Crippen LogP contribution in [-0.4, -0.2) is 8.42 Å². The van der Waals surface area contributed by atoms with Gasteiger partial charge < -0.3 is 0 Å². The van der Waals surface area contributed by atoms with Gasteiger partial charge >= 0.3 is 0 Å². The molecule has 0 saturated carbocycles. The van der Waals surface area contributed by atoms with Crippen LogP contribution in [0.15, 0.2) is 59.5 Å². The maximum Gasteiger partial charge on any atom is 0.261 e. The van der Waals surface area contributed by atoms with Gasteiger partial charge in [-0.3, -0.25) is 0 Å². The fourth-order valence-corrected chi connectivity index (χ4v) is 2.21. The maximum absolute atomic E-state index is 11.0. The molecule has 0 aliphatic carbocycles. The van der Waals surface area contributed by atoms with Crippen LogP contribution < -0.4 is 0 Å². The zero-order valence-electron chi connectivity index (χ0n) is 8.71. The van der Waals surface area contributed by atoms with E-state index in [1.54, 1.807) is 12.1 Å². The van der Waals surface area contributed by atoms with Gasteiger partial charge in [-0.25, -0.2) is 8.42 Å². The van der Waals surface area contributed by atoms with Gasteiger partial charge in [0.1, 0.15) is 0 Å². The van der Waals surface area contributed by atoms with Crippen molar-refractivity contribution in [1.29, 1.82) is 0 Å². The van der Waals surface area contributed by atoms with Gasteiger partial charge in [0.05, 0.1) is 4.90 Å². The van der Waals surface area contributed by atoms with E-state index >= 15 is 0 Å². The Morgan fingerprint density at radius 2 is 1.24 bits per heavy atom. The Labute approximate surface area is 111 Å². The van der Waals surface area contributed by atoms with Gasteiger partial charge in [-0.1, -0.05) is 42.5 Å². The van der Waals surface area contributed by atoms with E-state index in [-0.39, 0.29) is 17.3 Å². The van der Waals surface area contributed by atoms with Crippen LogP contribution in [0.5, 0.6) is 0 Å². The SMILES string of the molecule is Cl.O=S(=O)(Cl)c1ccc(-c2ccccc2)cc1. The topological polar surface area (TPSA) is 34.1 Å². The standard InChI is InChI=1S/C12H9ClO2S.ClH/c13-16(14,15)12-8-6-11(7-9-12)10-4-2-1-3-5-10;/h1-9H;1H. The lowest BCUT2D eigenvalue weighted by molar-refractivity contribution is 0.609. The van der Waals surface area contributed by atoms with E-state index in [4.69, 9.17) is 10.7 Å². The molecule has 0 heterocycles. The monoisotopic (exact) mass is 288 g/mol. The highest BCUT2D eigenvalue weighted by Crippen LogP contribution is 2.22. The zero-order chi connectivity index (χ0) is 11.6. The van der Waals surface area contributed by atoms with Crippen LogP contribution in [0.2, 0.25) is 0 Å². The van der Waals surface area contributed by atoms with E-state index in [1.165, 1.54) is 12.1 Å². The van der Waals surface area contributed by atoms with Crippen LogP contribution in [0, 0.1) is 0 Å². The van der Waals surface area contributed by atoms with Gasteiger partial charge in [-0.05, 0) is 23.3 Å². The Kier molecular flexibility index (Phi) is 4.57. The summed E-state index contributed by atoms with van der Waals surface area (Å²) in [4.78, 5) is 0.119. The van der Waals surface area contributed by atoms with Crippen molar-refractivity contribution in [2.45, 2.75) is 4.90 Å². The second-order valence-corrected chi connectivity index (χ2v) is 5.89. The van der Waals surface area contributed by atoms with Crippen molar-refractivity contribution >= 4 is 32.1 Å². The van der Waals surface area contributed by atoms with Gasteiger partial charge in [0, 0.05) is 10.7 Å². The highest BCUT2D eigenvalue weighted by molar-refractivity contribution is 8.13. The lowest BCUT2D eigenvalue weighted by Crippen LogP contribution is -1.89. The Hall–Kier alpha value is -1.03. The maximum atomic E-state index is 11.0. The number of rotatable bonds is 2. The number of halogens is 2. The van der Waals surface area contributed by atoms with E-state index in [9.17, 15) is 8.42 Å². The first-order valence-corrected chi connectivity index (χ1v) is 6.98. The Morgan fingerprint density at radius 3 is 1.71 bits per heavy atom. The molecule has 2 rings (SSSR count). The number of benzene rings is 2. The molecule has 0 aromatic heterocycles. The molecule has 2 nitrogen and oxygen atoms in total. The van der Waals surface area contributed by atoms with Crippen LogP contribution in [0.25, 0.3) is 11.1 Å². The third kappa shape index (κ3) is 3.46. The summed E-state index contributed by atoms with van der Waals surface area (Å²) < 4.78 is 22.1. The quantitative estimate of drug-likeness (QED) is 0.790. The molecule has 90 valence electrons. The van der Waals surface area contributed by atoms with Crippen LogP contribution in [0.4, 0.5) is 0 Å². The van der Waals surface area contributed by atoms with Crippen molar-refractivity contribution < 1.29 is 8.42 Å². The highest BCUT2D eigenvalue weighted by Gasteiger charge is 2.08. The Bertz CT molecular complexity index is 578. The first-order chi connectivity index (χ1) is 7.57. The van der Waals surface area contributed by atoms with Crippen molar-refractivity contribution in [2.24, 2.45) is 0 Å². The number of hydrogen-bond acceptors (Lipinski definition) is 2. The lowest BCUT2D eigenvalue weighted by atomic mass is 10.1. The number of hydrogen-bond donors (Lipinski definition) is 0. The normalized spacial score (nSPS) is 10.6. The molecule has 0 aliphatic heterocycles. The molecule has 2 aromatic carbocycles. The highest BCUT2D eigenvalue weighted by atomic mass is 35.7. The predicted molar refractivity (Wildman–Crippen MR) is 72.2 cm³/mol. The predicted octanol–water partition coefficient (Wildman–Crippen LogP) is 3.70. The molecule has 0 radical (unpaired) electrons. The molecule has 0 spiro atoms. The Morgan fingerprint density at radius 1 is 0.765 bits per heavy atom. The van der Waals surface area contributed by atoms with Gasteiger partial charge in [0.15, 0.2) is 0 Å².